The van der Waals surface area contributed by atoms with Gasteiger partial charge in [0.05, 0.1) is 5.56 Å². The van der Waals surface area contributed by atoms with Gasteiger partial charge in [-0.1, -0.05) is 13.8 Å². The fourth-order valence-corrected chi connectivity index (χ4v) is 3.01. The zero-order valence-corrected chi connectivity index (χ0v) is 13.1. The summed E-state index contributed by atoms with van der Waals surface area (Å²) in [6.45, 7) is 8.19. The zero-order valence-electron chi connectivity index (χ0n) is 13.1. The number of carbonyl (C=O) groups is 1. The summed E-state index contributed by atoms with van der Waals surface area (Å²) in [6, 6.07) is 1.47. The standard InChI is InChI=1S/C16H24FN3O/c1-4-16(5-2)8-10-20(11-16)15(21)12-7-9-19-14(13(12)17)18-6-3/h7,9H,4-6,8,10-11H2,1-3H3,(H,18,19). The maximum Gasteiger partial charge on any atom is 0.257 e. The van der Waals surface area contributed by atoms with Gasteiger partial charge in [-0.3, -0.25) is 4.79 Å². The highest BCUT2D eigenvalue weighted by atomic mass is 19.1. The van der Waals surface area contributed by atoms with Crippen molar-refractivity contribution >= 4 is 11.7 Å². The Labute approximate surface area is 125 Å². The van der Waals surface area contributed by atoms with Gasteiger partial charge >= 0.3 is 0 Å². The van der Waals surface area contributed by atoms with E-state index in [1.807, 2.05) is 6.92 Å². The summed E-state index contributed by atoms with van der Waals surface area (Å²) in [6.07, 6.45) is 4.58. The fraction of sp³-hybridized carbons (Fsp3) is 0.625. The Bertz CT molecular complexity index is 514. The molecule has 116 valence electrons. The summed E-state index contributed by atoms with van der Waals surface area (Å²) in [5.41, 5.74) is 0.313. The lowest BCUT2D eigenvalue weighted by molar-refractivity contribution is 0.0765. The van der Waals surface area contributed by atoms with Crippen LogP contribution in [0.15, 0.2) is 12.3 Å². The first-order valence-electron chi connectivity index (χ1n) is 7.74. The Hall–Kier alpha value is -1.65. The topological polar surface area (TPSA) is 45.2 Å². The Morgan fingerprint density at radius 3 is 2.71 bits per heavy atom. The van der Waals surface area contributed by atoms with E-state index in [9.17, 15) is 9.18 Å². The number of carbonyl (C=O) groups excluding carboxylic acids is 1. The molecule has 0 unspecified atom stereocenters. The van der Waals surface area contributed by atoms with E-state index >= 15 is 0 Å². The van der Waals surface area contributed by atoms with Crippen LogP contribution in [0.1, 0.15) is 50.4 Å². The first kappa shape index (κ1) is 15.7. The van der Waals surface area contributed by atoms with Gasteiger partial charge in [0.15, 0.2) is 11.6 Å². The highest BCUT2D eigenvalue weighted by Gasteiger charge is 2.37. The van der Waals surface area contributed by atoms with Crippen molar-refractivity contribution in [3.63, 3.8) is 0 Å². The van der Waals surface area contributed by atoms with Gasteiger partial charge in [-0.05, 0) is 37.7 Å². The molecule has 0 atom stereocenters. The summed E-state index contributed by atoms with van der Waals surface area (Å²) >= 11 is 0. The van der Waals surface area contributed by atoms with E-state index in [1.54, 1.807) is 4.90 Å². The highest BCUT2D eigenvalue weighted by Crippen LogP contribution is 2.37. The number of halogens is 1. The minimum Gasteiger partial charge on any atom is -0.368 e. The minimum absolute atomic E-state index is 0.115. The molecule has 1 aromatic rings. The third-order valence-corrected chi connectivity index (χ3v) is 4.69. The number of rotatable bonds is 5. The predicted molar refractivity (Wildman–Crippen MR) is 81.9 cm³/mol. The van der Waals surface area contributed by atoms with E-state index in [1.165, 1.54) is 12.3 Å². The molecule has 2 rings (SSSR count). The van der Waals surface area contributed by atoms with Crippen molar-refractivity contribution in [1.29, 1.82) is 0 Å². The second-order valence-corrected chi connectivity index (χ2v) is 5.74. The van der Waals surface area contributed by atoms with Crippen molar-refractivity contribution < 1.29 is 9.18 Å². The van der Waals surface area contributed by atoms with Crippen molar-refractivity contribution in [2.24, 2.45) is 5.41 Å². The molecular weight excluding hydrogens is 269 g/mol. The molecule has 5 heteroatoms. The molecule has 1 aliphatic heterocycles. The maximum absolute atomic E-state index is 14.3. The molecule has 0 radical (unpaired) electrons. The van der Waals surface area contributed by atoms with Crippen LogP contribution >= 0.6 is 0 Å². The third kappa shape index (κ3) is 3.01. The Morgan fingerprint density at radius 2 is 2.14 bits per heavy atom. The summed E-state index contributed by atoms with van der Waals surface area (Å²) in [7, 11) is 0. The summed E-state index contributed by atoms with van der Waals surface area (Å²) < 4.78 is 14.3. The van der Waals surface area contributed by atoms with Crippen LogP contribution in [-0.2, 0) is 0 Å². The lowest BCUT2D eigenvalue weighted by atomic mass is 9.82. The average molecular weight is 293 g/mol. The molecule has 0 aliphatic carbocycles. The van der Waals surface area contributed by atoms with Gasteiger partial charge in [0.2, 0.25) is 0 Å². The van der Waals surface area contributed by atoms with Crippen molar-refractivity contribution in [3.05, 3.63) is 23.6 Å². The Kier molecular flexibility index (Phi) is 4.80. The van der Waals surface area contributed by atoms with Gasteiger partial charge < -0.3 is 10.2 Å². The SMILES string of the molecule is CCNc1nccc(C(=O)N2CCC(CC)(CC)C2)c1F. The number of hydrogen-bond donors (Lipinski definition) is 1. The van der Waals surface area contributed by atoms with E-state index in [2.05, 4.69) is 24.1 Å². The Balaban J connectivity index is 2.20. The zero-order chi connectivity index (χ0) is 15.5. The van der Waals surface area contributed by atoms with Crippen molar-refractivity contribution in [1.82, 2.24) is 9.88 Å². The fourth-order valence-electron chi connectivity index (χ4n) is 3.01. The molecule has 1 fully saturated rings. The van der Waals surface area contributed by atoms with E-state index < -0.39 is 5.82 Å². The van der Waals surface area contributed by atoms with Crippen LogP contribution in [0.3, 0.4) is 0 Å². The molecule has 21 heavy (non-hydrogen) atoms. The highest BCUT2D eigenvalue weighted by molar-refractivity contribution is 5.95. The molecule has 0 bridgehead atoms. The third-order valence-electron chi connectivity index (χ3n) is 4.69. The summed E-state index contributed by atoms with van der Waals surface area (Å²) in [5.74, 6) is -0.618. The lowest BCUT2D eigenvalue weighted by Crippen LogP contribution is -2.32. The second kappa shape index (κ2) is 6.41. The largest absolute Gasteiger partial charge is 0.368 e. The summed E-state index contributed by atoms with van der Waals surface area (Å²) in [5, 5.41) is 2.84. The van der Waals surface area contributed by atoms with Crippen LogP contribution in [-0.4, -0.2) is 35.4 Å². The number of pyridine rings is 1. The molecule has 2 heterocycles. The first-order chi connectivity index (χ1) is 10.1. The first-order valence-corrected chi connectivity index (χ1v) is 7.74. The lowest BCUT2D eigenvalue weighted by Gasteiger charge is -2.26. The van der Waals surface area contributed by atoms with Crippen LogP contribution in [0.4, 0.5) is 10.2 Å². The van der Waals surface area contributed by atoms with Crippen LogP contribution in [0.5, 0.6) is 0 Å². The molecule has 0 saturated carbocycles. The molecule has 1 saturated heterocycles. The summed E-state index contributed by atoms with van der Waals surface area (Å²) in [4.78, 5) is 18.3. The Morgan fingerprint density at radius 1 is 1.43 bits per heavy atom. The van der Waals surface area contributed by atoms with Gasteiger partial charge in [0.25, 0.3) is 5.91 Å². The number of aromatic nitrogens is 1. The van der Waals surface area contributed by atoms with E-state index in [-0.39, 0.29) is 22.7 Å². The van der Waals surface area contributed by atoms with Crippen molar-refractivity contribution in [2.75, 3.05) is 25.0 Å². The number of likely N-dealkylation sites (tertiary alicyclic amines) is 1. The minimum atomic E-state index is -0.546. The smallest absolute Gasteiger partial charge is 0.257 e. The quantitative estimate of drug-likeness (QED) is 0.906. The van der Waals surface area contributed by atoms with Gasteiger partial charge in [-0.2, -0.15) is 0 Å². The molecule has 4 nitrogen and oxygen atoms in total. The molecular formula is C16H24FN3O. The molecule has 1 amide bonds. The molecule has 1 aromatic heterocycles. The molecule has 0 spiro atoms. The van der Waals surface area contributed by atoms with Crippen LogP contribution in [0.25, 0.3) is 0 Å². The monoisotopic (exact) mass is 293 g/mol. The van der Waals surface area contributed by atoms with Gasteiger partial charge in [0.1, 0.15) is 0 Å². The number of anilines is 1. The van der Waals surface area contributed by atoms with Crippen LogP contribution in [0.2, 0.25) is 0 Å². The maximum atomic E-state index is 14.3. The van der Waals surface area contributed by atoms with Gasteiger partial charge in [0, 0.05) is 25.8 Å². The number of nitrogens with one attached hydrogen (secondary N) is 1. The van der Waals surface area contributed by atoms with E-state index in [4.69, 9.17) is 0 Å². The molecule has 0 aromatic carbocycles. The van der Waals surface area contributed by atoms with E-state index in [0.717, 1.165) is 25.8 Å². The average Bonchev–Trinajstić information content (AvgIpc) is 2.94. The molecule has 1 N–H and O–H groups in total. The number of hydrogen-bond acceptors (Lipinski definition) is 3. The second-order valence-electron chi connectivity index (χ2n) is 5.74. The molecule has 1 aliphatic rings. The van der Waals surface area contributed by atoms with Gasteiger partial charge in [-0.25, -0.2) is 9.37 Å². The van der Waals surface area contributed by atoms with Crippen LogP contribution in [0, 0.1) is 11.2 Å². The number of amides is 1. The normalized spacial score (nSPS) is 17.0. The predicted octanol–water partition coefficient (Wildman–Crippen LogP) is 3.30. The van der Waals surface area contributed by atoms with Gasteiger partial charge in [-0.15, -0.1) is 0 Å². The van der Waals surface area contributed by atoms with E-state index in [0.29, 0.717) is 13.1 Å². The van der Waals surface area contributed by atoms with Crippen molar-refractivity contribution in [3.8, 4) is 0 Å². The van der Waals surface area contributed by atoms with Crippen LogP contribution < -0.4 is 5.32 Å². The van der Waals surface area contributed by atoms with Crippen molar-refractivity contribution in [2.45, 2.75) is 40.0 Å². The number of nitrogens with zero attached hydrogens (tertiary/aromatic N) is 2.